The van der Waals surface area contributed by atoms with Gasteiger partial charge in [0.2, 0.25) is 0 Å². The first-order chi connectivity index (χ1) is 9.87. The lowest BCUT2D eigenvalue weighted by Gasteiger charge is -2.34. The molecular weight excluding hydrogens is 268 g/mol. The molecule has 0 unspecified atom stereocenters. The number of nitrogens with zero attached hydrogens (tertiary/aromatic N) is 3. The Kier molecular flexibility index (Phi) is 3.67. The summed E-state index contributed by atoms with van der Waals surface area (Å²) >= 11 is 1.81. The average molecular weight is 292 g/mol. The van der Waals surface area contributed by atoms with E-state index in [2.05, 4.69) is 20.5 Å². The maximum atomic E-state index is 4.80. The molecule has 4 rings (SSSR count). The maximum Gasteiger partial charge on any atom is 0.185 e. The van der Waals surface area contributed by atoms with Crippen LogP contribution in [0.5, 0.6) is 0 Å². The fraction of sp³-hybridized carbons (Fsp3) is 0.800. The molecule has 0 aromatic carbocycles. The van der Waals surface area contributed by atoms with Crippen LogP contribution in [-0.4, -0.2) is 48.6 Å². The first-order valence-electron chi connectivity index (χ1n) is 8.02. The smallest absolute Gasteiger partial charge is 0.185 e. The molecule has 0 bridgehead atoms. The first kappa shape index (κ1) is 13.0. The predicted octanol–water partition coefficient (Wildman–Crippen LogP) is 1.93. The second-order valence-corrected chi connectivity index (χ2v) is 7.34. The van der Waals surface area contributed by atoms with Crippen molar-refractivity contribution in [3.63, 3.8) is 0 Å². The molecule has 4 nitrogen and oxygen atoms in total. The lowest BCUT2D eigenvalue weighted by atomic mass is 10.3. The molecule has 0 amide bonds. The second-order valence-electron chi connectivity index (χ2n) is 6.51. The molecule has 110 valence electrons. The Balaban J connectivity index is 1.27. The van der Waals surface area contributed by atoms with Gasteiger partial charge in [-0.05, 0) is 31.6 Å². The van der Waals surface area contributed by atoms with E-state index in [-0.39, 0.29) is 0 Å². The van der Waals surface area contributed by atoms with Crippen molar-refractivity contribution >= 4 is 16.5 Å². The zero-order valence-electron chi connectivity index (χ0n) is 12.1. The summed E-state index contributed by atoms with van der Waals surface area (Å²) < 4.78 is 0. The van der Waals surface area contributed by atoms with Crippen LogP contribution in [0.15, 0.2) is 5.38 Å². The third-order valence-electron chi connectivity index (χ3n) is 4.54. The Morgan fingerprint density at radius 2 is 1.95 bits per heavy atom. The van der Waals surface area contributed by atoms with Crippen LogP contribution in [0.3, 0.4) is 0 Å². The van der Waals surface area contributed by atoms with E-state index in [0.29, 0.717) is 0 Å². The molecule has 0 atom stereocenters. The van der Waals surface area contributed by atoms with E-state index in [9.17, 15) is 0 Å². The summed E-state index contributed by atoms with van der Waals surface area (Å²) in [6.07, 6.45) is 5.62. The number of thiazole rings is 1. The molecule has 1 aliphatic heterocycles. The van der Waals surface area contributed by atoms with Gasteiger partial charge in [-0.1, -0.05) is 0 Å². The van der Waals surface area contributed by atoms with Crippen molar-refractivity contribution in [2.75, 3.05) is 37.6 Å². The summed E-state index contributed by atoms with van der Waals surface area (Å²) in [4.78, 5) is 9.90. The number of nitrogens with one attached hydrogen (secondary N) is 1. The molecule has 3 fully saturated rings. The molecule has 2 heterocycles. The zero-order valence-corrected chi connectivity index (χ0v) is 12.9. The molecule has 2 aliphatic carbocycles. The van der Waals surface area contributed by atoms with Crippen LogP contribution < -0.4 is 10.2 Å². The van der Waals surface area contributed by atoms with Crippen molar-refractivity contribution in [3.05, 3.63) is 11.1 Å². The standard InChI is InChI=1S/C15H24N4S/c1-2-12(1)10-18-5-7-19(8-6-18)15-17-14(11-20-15)9-16-13-3-4-13/h11-13,16H,1-10H2. The lowest BCUT2D eigenvalue weighted by molar-refractivity contribution is 0.248. The van der Waals surface area contributed by atoms with E-state index in [0.717, 1.165) is 31.6 Å². The van der Waals surface area contributed by atoms with Crippen molar-refractivity contribution in [2.45, 2.75) is 38.3 Å². The topological polar surface area (TPSA) is 31.4 Å². The Hall–Kier alpha value is -0.650. The molecule has 5 heteroatoms. The van der Waals surface area contributed by atoms with E-state index < -0.39 is 0 Å². The summed E-state index contributed by atoms with van der Waals surface area (Å²) in [5, 5.41) is 6.99. The molecule has 2 saturated carbocycles. The lowest BCUT2D eigenvalue weighted by Crippen LogP contribution is -2.47. The third-order valence-corrected chi connectivity index (χ3v) is 5.50. The molecule has 1 aromatic heterocycles. The van der Waals surface area contributed by atoms with Crippen molar-refractivity contribution in [1.29, 1.82) is 0 Å². The van der Waals surface area contributed by atoms with Gasteiger partial charge in [0.1, 0.15) is 0 Å². The van der Waals surface area contributed by atoms with Crippen LogP contribution >= 0.6 is 11.3 Å². The van der Waals surface area contributed by atoms with Crippen molar-refractivity contribution < 1.29 is 0 Å². The Morgan fingerprint density at radius 1 is 1.15 bits per heavy atom. The predicted molar refractivity (Wildman–Crippen MR) is 83.4 cm³/mol. The van der Waals surface area contributed by atoms with Gasteiger partial charge in [0, 0.05) is 50.7 Å². The normalized spacial score (nSPS) is 24.3. The van der Waals surface area contributed by atoms with Gasteiger partial charge in [-0.25, -0.2) is 4.98 Å². The van der Waals surface area contributed by atoms with Gasteiger partial charge in [-0.15, -0.1) is 11.3 Å². The second kappa shape index (κ2) is 5.62. The summed E-state index contributed by atoms with van der Waals surface area (Å²) in [6.45, 7) is 7.01. The van der Waals surface area contributed by atoms with Crippen molar-refractivity contribution in [1.82, 2.24) is 15.2 Å². The quantitative estimate of drug-likeness (QED) is 0.868. The number of anilines is 1. The molecule has 1 saturated heterocycles. The highest BCUT2D eigenvalue weighted by Gasteiger charge is 2.27. The number of hydrogen-bond acceptors (Lipinski definition) is 5. The Labute approximate surface area is 125 Å². The molecule has 1 N–H and O–H groups in total. The number of aromatic nitrogens is 1. The van der Waals surface area contributed by atoms with Crippen LogP contribution in [-0.2, 0) is 6.54 Å². The molecule has 3 aliphatic rings. The number of piperazine rings is 1. The van der Waals surface area contributed by atoms with E-state index in [4.69, 9.17) is 4.98 Å². The minimum absolute atomic E-state index is 0.770. The highest BCUT2D eigenvalue weighted by atomic mass is 32.1. The monoisotopic (exact) mass is 292 g/mol. The Bertz CT molecular complexity index is 444. The van der Waals surface area contributed by atoms with Gasteiger partial charge in [-0.3, -0.25) is 4.90 Å². The fourth-order valence-corrected chi connectivity index (χ4v) is 3.73. The summed E-state index contributed by atoms with van der Waals surface area (Å²) in [7, 11) is 0. The highest BCUT2D eigenvalue weighted by Crippen LogP contribution is 2.30. The fourth-order valence-electron chi connectivity index (χ4n) is 2.85. The first-order valence-corrected chi connectivity index (χ1v) is 8.90. The minimum atomic E-state index is 0.770. The average Bonchev–Trinajstić information content (AvgIpc) is 3.39. The van der Waals surface area contributed by atoms with Gasteiger partial charge in [0.05, 0.1) is 5.69 Å². The summed E-state index contributed by atoms with van der Waals surface area (Å²) in [5.74, 6) is 1.02. The molecular formula is C15H24N4S. The Morgan fingerprint density at radius 3 is 2.65 bits per heavy atom. The van der Waals surface area contributed by atoms with Gasteiger partial charge >= 0.3 is 0 Å². The number of hydrogen-bond donors (Lipinski definition) is 1. The summed E-state index contributed by atoms with van der Waals surface area (Å²) in [5.41, 5.74) is 1.22. The van der Waals surface area contributed by atoms with Crippen molar-refractivity contribution in [3.8, 4) is 0 Å². The van der Waals surface area contributed by atoms with Crippen LogP contribution in [0.25, 0.3) is 0 Å². The highest BCUT2D eigenvalue weighted by molar-refractivity contribution is 7.13. The van der Waals surface area contributed by atoms with E-state index in [1.807, 2.05) is 11.3 Å². The van der Waals surface area contributed by atoms with Gasteiger partial charge < -0.3 is 10.2 Å². The van der Waals surface area contributed by atoms with Crippen LogP contribution in [0.2, 0.25) is 0 Å². The van der Waals surface area contributed by atoms with E-state index in [1.54, 1.807) is 0 Å². The van der Waals surface area contributed by atoms with Crippen LogP contribution in [0, 0.1) is 5.92 Å². The van der Waals surface area contributed by atoms with Crippen LogP contribution in [0.1, 0.15) is 31.4 Å². The zero-order chi connectivity index (χ0) is 13.4. The molecule has 0 spiro atoms. The van der Waals surface area contributed by atoms with Gasteiger partial charge in [0.15, 0.2) is 5.13 Å². The van der Waals surface area contributed by atoms with E-state index in [1.165, 1.54) is 56.1 Å². The largest absolute Gasteiger partial charge is 0.346 e. The van der Waals surface area contributed by atoms with Gasteiger partial charge in [0.25, 0.3) is 0 Å². The van der Waals surface area contributed by atoms with Crippen LogP contribution in [0.4, 0.5) is 5.13 Å². The third kappa shape index (κ3) is 3.32. The van der Waals surface area contributed by atoms with Gasteiger partial charge in [-0.2, -0.15) is 0 Å². The minimum Gasteiger partial charge on any atom is -0.346 e. The van der Waals surface area contributed by atoms with Crippen molar-refractivity contribution in [2.24, 2.45) is 5.92 Å². The SMILES string of the molecule is c1sc(N2CCN(CC3CC3)CC2)nc1CNC1CC1. The maximum absolute atomic E-state index is 4.80. The molecule has 0 radical (unpaired) electrons. The number of rotatable bonds is 6. The molecule has 1 aromatic rings. The molecule has 20 heavy (non-hydrogen) atoms. The van der Waals surface area contributed by atoms with E-state index >= 15 is 0 Å². The summed E-state index contributed by atoms with van der Waals surface area (Å²) in [6, 6.07) is 0.770.